The zero-order valence-electron chi connectivity index (χ0n) is 23.0. The summed E-state index contributed by atoms with van der Waals surface area (Å²) >= 11 is 0. The molecule has 5 aromatic rings. The predicted octanol–water partition coefficient (Wildman–Crippen LogP) is 7.97. The number of nitrogens with one attached hydrogen (secondary N) is 1. The molecule has 3 aromatic carbocycles. The Bertz CT molecular complexity index is 1770. The summed E-state index contributed by atoms with van der Waals surface area (Å²) in [7, 11) is 1.79. The highest BCUT2D eigenvalue weighted by Gasteiger charge is 2.42. The Morgan fingerprint density at radius 2 is 1.81 bits per heavy atom. The molecule has 1 atom stereocenters. The van der Waals surface area contributed by atoms with Crippen LogP contribution in [-0.4, -0.2) is 32.5 Å². The lowest BCUT2D eigenvalue weighted by atomic mass is 9.85. The summed E-state index contributed by atoms with van der Waals surface area (Å²) in [5, 5.41) is 10.9. The van der Waals surface area contributed by atoms with Crippen LogP contribution in [0.15, 0.2) is 65.3 Å². The van der Waals surface area contributed by atoms with Crippen molar-refractivity contribution in [3.05, 3.63) is 77.9 Å². The molecule has 0 bridgehead atoms. The van der Waals surface area contributed by atoms with Crippen LogP contribution in [0.1, 0.15) is 55.2 Å². The summed E-state index contributed by atoms with van der Waals surface area (Å²) in [6.07, 6.45) is 1.94. The number of aryl methyl sites for hydroxylation is 1. The molecule has 216 valence electrons. The largest absolute Gasteiger partial charge is 0.436 e. The smallest absolute Gasteiger partial charge is 0.407 e. The van der Waals surface area contributed by atoms with E-state index in [0.29, 0.717) is 46.4 Å². The van der Waals surface area contributed by atoms with Crippen LogP contribution in [0.3, 0.4) is 0 Å². The van der Waals surface area contributed by atoms with Gasteiger partial charge in [-0.2, -0.15) is 13.2 Å². The average molecular weight is 576 g/mol. The normalized spacial score (nSPS) is 16.6. The second kappa shape index (κ2) is 10.3. The quantitative estimate of drug-likeness (QED) is 0.190. The predicted molar refractivity (Wildman–Crippen MR) is 151 cm³/mol. The van der Waals surface area contributed by atoms with E-state index in [9.17, 15) is 17.6 Å². The third-order valence-electron chi connectivity index (χ3n) is 8.41. The van der Waals surface area contributed by atoms with Gasteiger partial charge in [0.25, 0.3) is 0 Å². The van der Waals surface area contributed by atoms with Gasteiger partial charge in [0.1, 0.15) is 23.7 Å². The van der Waals surface area contributed by atoms with Gasteiger partial charge in [-0.3, -0.25) is 0 Å². The molecule has 2 heterocycles. The van der Waals surface area contributed by atoms with E-state index in [1.165, 1.54) is 18.2 Å². The number of aromatic nitrogens is 4. The molecule has 1 unspecified atom stereocenters. The molecular weight excluding hydrogens is 546 g/mol. The van der Waals surface area contributed by atoms with E-state index in [-0.39, 0.29) is 11.5 Å². The molecule has 2 fully saturated rings. The second-order valence-corrected chi connectivity index (χ2v) is 11.5. The Morgan fingerprint density at radius 1 is 1.00 bits per heavy atom. The Hall–Kier alpha value is -4.05. The summed E-state index contributed by atoms with van der Waals surface area (Å²) in [4.78, 5) is 4.69. The molecule has 2 saturated carbocycles. The summed E-state index contributed by atoms with van der Waals surface area (Å²) in [5.74, 6) is 0.897. The lowest BCUT2D eigenvalue weighted by Crippen LogP contribution is -2.38. The molecule has 6 nitrogen and oxygen atoms in total. The minimum atomic E-state index is -4.44. The molecule has 1 N–H and O–H groups in total. The highest BCUT2D eigenvalue weighted by atomic mass is 19.4. The number of rotatable bonds is 8. The number of oxazole rings is 1. The number of fused-ring (bicyclic) bond motifs is 1. The van der Waals surface area contributed by atoms with E-state index in [1.807, 2.05) is 24.3 Å². The topological polar surface area (TPSA) is 68.8 Å². The number of benzene rings is 3. The second-order valence-electron chi connectivity index (χ2n) is 11.5. The van der Waals surface area contributed by atoms with Gasteiger partial charge in [0.05, 0.1) is 0 Å². The molecule has 0 amide bonds. The molecule has 0 spiro atoms. The van der Waals surface area contributed by atoms with Gasteiger partial charge in [0, 0.05) is 23.7 Å². The lowest BCUT2D eigenvalue weighted by molar-refractivity contribution is -0.158. The van der Waals surface area contributed by atoms with Crippen molar-refractivity contribution in [1.29, 1.82) is 0 Å². The van der Waals surface area contributed by atoms with Crippen molar-refractivity contribution in [2.24, 2.45) is 13.0 Å². The van der Waals surface area contributed by atoms with Crippen LogP contribution < -0.4 is 5.32 Å². The van der Waals surface area contributed by atoms with E-state index >= 15 is 0 Å². The zero-order valence-corrected chi connectivity index (χ0v) is 23.0. The first-order chi connectivity index (χ1) is 20.2. The molecule has 10 heteroatoms. The number of halogens is 4. The van der Waals surface area contributed by atoms with Crippen molar-refractivity contribution in [3.8, 4) is 34.0 Å². The number of alkyl halides is 3. The first kappa shape index (κ1) is 26.8. The first-order valence-corrected chi connectivity index (χ1v) is 14.2. The third kappa shape index (κ3) is 5.08. The van der Waals surface area contributed by atoms with Crippen LogP contribution in [0.25, 0.3) is 45.1 Å². The maximum absolute atomic E-state index is 14.3. The summed E-state index contributed by atoms with van der Waals surface area (Å²) in [5.41, 5.74) is 4.67. The molecule has 7 rings (SSSR count). The van der Waals surface area contributed by atoms with E-state index < -0.39 is 18.0 Å². The van der Waals surface area contributed by atoms with Crippen LogP contribution in [-0.2, 0) is 7.05 Å². The van der Waals surface area contributed by atoms with Gasteiger partial charge < -0.3 is 14.3 Å². The summed E-state index contributed by atoms with van der Waals surface area (Å²) in [6.45, 7) is 0.345. The van der Waals surface area contributed by atoms with E-state index in [4.69, 9.17) is 4.42 Å². The fraction of sp³-hybridized carbons (Fsp3) is 0.344. The van der Waals surface area contributed by atoms with Gasteiger partial charge >= 0.3 is 6.18 Å². The molecule has 42 heavy (non-hydrogen) atoms. The molecule has 0 aliphatic heterocycles. The van der Waals surface area contributed by atoms with Gasteiger partial charge in [0.15, 0.2) is 11.4 Å². The van der Waals surface area contributed by atoms with Crippen LogP contribution in [0.5, 0.6) is 0 Å². The van der Waals surface area contributed by atoms with Gasteiger partial charge in [-0.05, 0) is 97.2 Å². The van der Waals surface area contributed by atoms with E-state index in [0.717, 1.165) is 48.8 Å². The zero-order chi connectivity index (χ0) is 29.0. The van der Waals surface area contributed by atoms with Gasteiger partial charge in [-0.1, -0.05) is 24.6 Å². The van der Waals surface area contributed by atoms with Crippen LogP contribution in [0, 0.1) is 11.7 Å². The third-order valence-corrected chi connectivity index (χ3v) is 8.41. The van der Waals surface area contributed by atoms with Crippen molar-refractivity contribution < 1.29 is 22.0 Å². The average Bonchev–Trinajstić information content (AvgIpc) is 3.54. The standard InChI is InChI=1S/C32H29F4N5O/c1-41-17-38-40-30(41)26-15-23(33)10-11-24(26)20-6-3-7-21(12-20)31-39-27-14-22(13-25(19-8-9-19)28(27)42-31)29(32(34,35)36)37-16-18-4-2-5-18/h3,6-7,10-15,17-19,29,37H,2,4-5,8-9,16H2,1H3. The first-order valence-electron chi connectivity index (χ1n) is 14.2. The summed E-state index contributed by atoms with van der Waals surface area (Å²) in [6, 6.07) is 13.4. The molecule has 0 radical (unpaired) electrons. The fourth-order valence-electron chi connectivity index (χ4n) is 5.77. The number of hydrogen-bond donors (Lipinski definition) is 1. The van der Waals surface area contributed by atoms with E-state index in [1.54, 1.807) is 30.1 Å². The highest BCUT2D eigenvalue weighted by molar-refractivity contribution is 5.84. The van der Waals surface area contributed by atoms with Crippen molar-refractivity contribution in [3.63, 3.8) is 0 Å². The van der Waals surface area contributed by atoms with Crippen LogP contribution in [0.4, 0.5) is 17.6 Å². The van der Waals surface area contributed by atoms with Crippen molar-refractivity contribution in [2.45, 2.75) is 50.2 Å². The minimum absolute atomic E-state index is 0.160. The van der Waals surface area contributed by atoms with Crippen molar-refractivity contribution >= 4 is 11.1 Å². The fourth-order valence-corrected chi connectivity index (χ4v) is 5.77. The minimum Gasteiger partial charge on any atom is -0.436 e. The summed E-state index contributed by atoms with van der Waals surface area (Å²) < 4.78 is 65.0. The Labute approximate surface area is 239 Å². The monoisotopic (exact) mass is 575 g/mol. The number of hydrogen-bond acceptors (Lipinski definition) is 5. The van der Waals surface area contributed by atoms with E-state index in [2.05, 4.69) is 20.5 Å². The SMILES string of the molecule is Cn1cnnc1-c1cc(F)ccc1-c1cccc(-c2nc3cc(C(NCC4CCC4)C(F)(F)F)cc(C4CC4)c3o2)c1. The molecular formula is C32H29F4N5O. The molecule has 2 aliphatic carbocycles. The molecule has 2 aliphatic rings. The maximum Gasteiger partial charge on any atom is 0.407 e. The Balaban J connectivity index is 1.28. The molecule has 2 aromatic heterocycles. The van der Waals surface area contributed by atoms with Crippen LogP contribution >= 0.6 is 0 Å². The Morgan fingerprint density at radius 3 is 2.50 bits per heavy atom. The highest BCUT2D eigenvalue weighted by Crippen LogP contribution is 2.46. The van der Waals surface area contributed by atoms with Crippen molar-refractivity contribution in [1.82, 2.24) is 25.1 Å². The van der Waals surface area contributed by atoms with Crippen molar-refractivity contribution in [2.75, 3.05) is 6.54 Å². The number of nitrogens with zero attached hydrogens (tertiary/aromatic N) is 4. The maximum atomic E-state index is 14.3. The van der Waals surface area contributed by atoms with Crippen LogP contribution in [0.2, 0.25) is 0 Å². The van der Waals surface area contributed by atoms with Gasteiger partial charge in [-0.25, -0.2) is 9.37 Å². The molecule has 0 saturated heterocycles. The van der Waals surface area contributed by atoms with Gasteiger partial charge in [-0.15, -0.1) is 10.2 Å². The Kier molecular flexibility index (Phi) is 6.61. The van der Waals surface area contributed by atoms with Gasteiger partial charge in [0.2, 0.25) is 5.89 Å². The lowest BCUT2D eigenvalue weighted by Gasteiger charge is -2.29.